The molecule has 1 heterocycles. The van der Waals surface area contributed by atoms with E-state index in [9.17, 15) is 0 Å². The van der Waals surface area contributed by atoms with Crippen LogP contribution in [0.2, 0.25) is 0 Å². The average molecular weight is 431 g/mol. The van der Waals surface area contributed by atoms with Gasteiger partial charge in [0.2, 0.25) is 0 Å². The lowest BCUT2D eigenvalue weighted by molar-refractivity contribution is 0.303. The van der Waals surface area contributed by atoms with Gasteiger partial charge in [-0.15, -0.1) is 0 Å². The van der Waals surface area contributed by atoms with Crippen LogP contribution in [0.1, 0.15) is 27.9 Å². The van der Waals surface area contributed by atoms with E-state index in [0.29, 0.717) is 6.61 Å². The van der Waals surface area contributed by atoms with E-state index in [1.54, 1.807) is 0 Å². The molecule has 4 aromatic carbocycles. The summed E-state index contributed by atoms with van der Waals surface area (Å²) in [6.45, 7) is 2.50. The highest BCUT2D eigenvalue weighted by Gasteiger charge is 2.39. The molecular weight excluding hydrogens is 404 g/mol. The van der Waals surface area contributed by atoms with Gasteiger partial charge in [0.05, 0.1) is 6.20 Å². The van der Waals surface area contributed by atoms with Crippen LogP contribution in [0.25, 0.3) is 0 Å². The molecular formula is C30H26N2O. The summed E-state index contributed by atoms with van der Waals surface area (Å²) in [5.41, 5.74) is 4.77. The molecule has 0 spiro atoms. The van der Waals surface area contributed by atoms with Crippen molar-refractivity contribution in [2.24, 2.45) is 0 Å². The van der Waals surface area contributed by atoms with Crippen LogP contribution in [0.5, 0.6) is 5.75 Å². The molecule has 162 valence electrons. The predicted molar refractivity (Wildman–Crippen MR) is 132 cm³/mol. The fraction of sp³-hybridized carbons (Fsp3) is 0.100. The molecule has 33 heavy (non-hydrogen) atoms. The number of aromatic nitrogens is 2. The standard InChI is InChI=1S/C30H26N2O/c1-24-29(33-23-25-14-6-2-7-15-25)22-32(31-24)30(26-16-8-3-9-17-26,27-18-10-4-11-19-27)28-20-12-5-13-21-28/h2-22H,23H2,1H3. The van der Waals surface area contributed by atoms with Gasteiger partial charge in [-0.25, -0.2) is 4.68 Å². The minimum absolute atomic E-state index is 0.502. The van der Waals surface area contributed by atoms with E-state index in [0.717, 1.165) is 33.7 Å². The normalized spacial score (nSPS) is 11.3. The van der Waals surface area contributed by atoms with Crippen molar-refractivity contribution in [2.75, 3.05) is 0 Å². The molecule has 0 amide bonds. The van der Waals surface area contributed by atoms with Gasteiger partial charge in [0.25, 0.3) is 0 Å². The van der Waals surface area contributed by atoms with Gasteiger partial charge in [-0.2, -0.15) is 5.10 Å². The zero-order chi connectivity index (χ0) is 22.5. The van der Waals surface area contributed by atoms with E-state index in [4.69, 9.17) is 9.84 Å². The third-order valence-electron chi connectivity index (χ3n) is 6.01. The van der Waals surface area contributed by atoms with E-state index in [-0.39, 0.29) is 0 Å². The molecule has 0 radical (unpaired) electrons. The maximum Gasteiger partial charge on any atom is 0.160 e. The minimum atomic E-state index is -0.636. The van der Waals surface area contributed by atoms with Gasteiger partial charge in [-0.3, -0.25) is 0 Å². The molecule has 0 aliphatic rings. The van der Waals surface area contributed by atoms with Crippen molar-refractivity contribution < 1.29 is 4.74 Å². The van der Waals surface area contributed by atoms with Gasteiger partial charge in [-0.05, 0) is 29.2 Å². The van der Waals surface area contributed by atoms with Gasteiger partial charge >= 0.3 is 0 Å². The van der Waals surface area contributed by atoms with Gasteiger partial charge in [0.15, 0.2) is 5.75 Å². The van der Waals surface area contributed by atoms with Crippen molar-refractivity contribution in [3.05, 3.63) is 155 Å². The molecule has 0 aliphatic carbocycles. The molecule has 5 aromatic rings. The molecule has 0 bridgehead atoms. The SMILES string of the molecule is Cc1nn(C(c2ccccc2)(c2ccccc2)c2ccccc2)cc1OCc1ccccc1. The second-order valence-corrected chi connectivity index (χ2v) is 8.11. The van der Waals surface area contributed by atoms with Crippen LogP contribution in [-0.2, 0) is 12.1 Å². The third-order valence-corrected chi connectivity index (χ3v) is 6.01. The Hall–Kier alpha value is -4.11. The molecule has 0 saturated heterocycles. The first-order valence-corrected chi connectivity index (χ1v) is 11.2. The second-order valence-electron chi connectivity index (χ2n) is 8.11. The second kappa shape index (κ2) is 9.17. The van der Waals surface area contributed by atoms with E-state index in [2.05, 4.69) is 89.6 Å². The van der Waals surface area contributed by atoms with Crippen molar-refractivity contribution in [3.8, 4) is 5.75 Å². The number of nitrogens with zero attached hydrogens (tertiary/aromatic N) is 2. The summed E-state index contributed by atoms with van der Waals surface area (Å²) >= 11 is 0. The Morgan fingerprint density at radius 3 is 1.52 bits per heavy atom. The Bertz CT molecular complexity index is 1200. The Morgan fingerprint density at radius 2 is 1.06 bits per heavy atom. The summed E-state index contributed by atoms with van der Waals surface area (Å²) in [6, 6.07) is 41.9. The lowest BCUT2D eigenvalue weighted by Gasteiger charge is -2.36. The molecule has 0 aliphatic heterocycles. The maximum atomic E-state index is 6.22. The number of hydrogen-bond acceptors (Lipinski definition) is 2. The maximum absolute atomic E-state index is 6.22. The number of rotatable bonds is 7. The lowest BCUT2D eigenvalue weighted by Crippen LogP contribution is -2.38. The van der Waals surface area contributed by atoms with Gasteiger partial charge in [0.1, 0.15) is 17.8 Å². The van der Waals surface area contributed by atoms with Crippen LogP contribution in [0, 0.1) is 6.92 Å². The first kappa shape index (κ1) is 20.8. The summed E-state index contributed by atoms with van der Waals surface area (Å²) < 4.78 is 8.28. The third kappa shape index (κ3) is 3.94. The quantitative estimate of drug-likeness (QED) is 0.272. The van der Waals surface area contributed by atoms with E-state index < -0.39 is 5.54 Å². The molecule has 1 aromatic heterocycles. The number of aryl methyl sites for hydroxylation is 1. The first-order chi connectivity index (χ1) is 16.3. The molecule has 3 nitrogen and oxygen atoms in total. The zero-order valence-electron chi connectivity index (χ0n) is 18.6. The Balaban J connectivity index is 1.69. The fourth-order valence-electron chi connectivity index (χ4n) is 4.43. The molecule has 0 N–H and O–H groups in total. The fourth-order valence-corrected chi connectivity index (χ4v) is 4.43. The van der Waals surface area contributed by atoms with Crippen molar-refractivity contribution in [2.45, 2.75) is 19.1 Å². The van der Waals surface area contributed by atoms with E-state index in [1.165, 1.54) is 0 Å². The van der Waals surface area contributed by atoms with Crippen molar-refractivity contribution in [1.29, 1.82) is 0 Å². The number of benzene rings is 4. The zero-order valence-corrected chi connectivity index (χ0v) is 18.6. The average Bonchev–Trinajstić information content (AvgIpc) is 3.26. The topological polar surface area (TPSA) is 27.1 Å². The summed E-state index contributed by atoms with van der Waals surface area (Å²) in [7, 11) is 0. The van der Waals surface area contributed by atoms with Crippen LogP contribution < -0.4 is 4.74 Å². The molecule has 3 heteroatoms. The van der Waals surface area contributed by atoms with Crippen LogP contribution in [-0.4, -0.2) is 9.78 Å². The Kier molecular flexibility index (Phi) is 5.77. The number of ether oxygens (including phenoxy) is 1. The summed E-state index contributed by atoms with van der Waals surface area (Å²) in [5, 5.41) is 5.02. The highest BCUT2D eigenvalue weighted by atomic mass is 16.5. The van der Waals surface area contributed by atoms with Crippen molar-refractivity contribution in [1.82, 2.24) is 9.78 Å². The van der Waals surface area contributed by atoms with Gasteiger partial charge in [0, 0.05) is 0 Å². The first-order valence-electron chi connectivity index (χ1n) is 11.2. The Labute approximate surface area is 194 Å². The van der Waals surface area contributed by atoms with E-state index in [1.807, 2.05) is 49.5 Å². The van der Waals surface area contributed by atoms with Crippen molar-refractivity contribution >= 4 is 0 Å². The van der Waals surface area contributed by atoms with Crippen LogP contribution in [0.3, 0.4) is 0 Å². The highest BCUT2D eigenvalue weighted by molar-refractivity contribution is 5.51. The minimum Gasteiger partial charge on any atom is -0.485 e. The van der Waals surface area contributed by atoms with Gasteiger partial charge < -0.3 is 4.74 Å². The van der Waals surface area contributed by atoms with Crippen LogP contribution in [0.4, 0.5) is 0 Å². The molecule has 0 atom stereocenters. The summed E-state index contributed by atoms with van der Waals surface area (Å²) in [4.78, 5) is 0. The predicted octanol–water partition coefficient (Wildman–Crippen LogP) is 6.61. The monoisotopic (exact) mass is 430 g/mol. The number of hydrogen-bond donors (Lipinski definition) is 0. The molecule has 5 rings (SSSR count). The van der Waals surface area contributed by atoms with Gasteiger partial charge in [-0.1, -0.05) is 121 Å². The summed E-state index contributed by atoms with van der Waals surface area (Å²) in [6.07, 6.45) is 2.03. The van der Waals surface area contributed by atoms with Crippen molar-refractivity contribution in [3.63, 3.8) is 0 Å². The smallest absolute Gasteiger partial charge is 0.160 e. The Morgan fingerprint density at radius 1 is 0.636 bits per heavy atom. The molecule has 0 fully saturated rings. The van der Waals surface area contributed by atoms with Crippen LogP contribution >= 0.6 is 0 Å². The van der Waals surface area contributed by atoms with Crippen LogP contribution in [0.15, 0.2) is 128 Å². The summed E-state index contributed by atoms with van der Waals surface area (Å²) in [5.74, 6) is 0.783. The lowest BCUT2D eigenvalue weighted by atomic mass is 9.77. The molecule has 0 unspecified atom stereocenters. The molecule has 0 saturated carbocycles. The highest BCUT2D eigenvalue weighted by Crippen LogP contribution is 2.41. The largest absolute Gasteiger partial charge is 0.485 e. The van der Waals surface area contributed by atoms with E-state index >= 15 is 0 Å².